The second-order valence-corrected chi connectivity index (χ2v) is 3.70. The van der Waals surface area contributed by atoms with E-state index in [1.807, 2.05) is 12.1 Å². The molecule has 1 saturated heterocycles. The molecule has 0 atom stereocenters. The molecule has 1 fully saturated rings. The molecule has 5 nitrogen and oxygen atoms in total. The third kappa shape index (κ3) is 3.36. The number of morpholine rings is 1. The lowest BCUT2D eigenvalue weighted by atomic mass is 10.4. The number of aromatic nitrogens is 1. The first-order valence-electron chi connectivity index (χ1n) is 5.50. The van der Waals surface area contributed by atoms with Gasteiger partial charge in [-0.2, -0.15) is 4.98 Å². The zero-order chi connectivity index (χ0) is 11.2. The fraction of sp³-hybridized carbons (Fsp3) is 0.545. The van der Waals surface area contributed by atoms with Crippen molar-refractivity contribution in [2.45, 2.75) is 0 Å². The average Bonchev–Trinajstić information content (AvgIpc) is 2.30. The molecule has 0 radical (unpaired) electrons. The van der Waals surface area contributed by atoms with E-state index in [0.717, 1.165) is 32.8 Å². The van der Waals surface area contributed by atoms with Gasteiger partial charge in [0, 0.05) is 25.7 Å². The Kier molecular flexibility index (Phi) is 3.96. The maximum Gasteiger partial charge on any atom is 0.215 e. The van der Waals surface area contributed by atoms with Crippen LogP contribution in [0, 0.1) is 0 Å². The van der Waals surface area contributed by atoms with Crippen molar-refractivity contribution < 1.29 is 9.47 Å². The average molecular weight is 223 g/mol. The minimum atomic E-state index is 0.490. The van der Waals surface area contributed by atoms with E-state index < -0.39 is 0 Å². The Morgan fingerprint density at radius 2 is 2.19 bits per heavy atom. The Labute approximate surface area is 95.2 Å². The van der Waals surface area contributed by atoms with Crippen LogP contribution in [-0.2, 0) is 4.74 Å². The summed E-state index contributed by atoms with van der Waals surface area (Å²) in [7, 11) is 0. The first kappa shape index (κ1) is 11.2. The molecule has 1 aromatic heterocycles. The van der Waals surface area contributed by atoms with Crippen molar-refractivity contribution in [2.75, 3.05) is 45.2 Å². The highest BCUT2D eigenvalue weighted by Crippen LogP contribution is 2.08. The van der Waals surface area contributed by atoms with Crippen LogP contribution in [0.3, 0.4) is 0 Å². The maximum absolute atomic E-state index is 5.56. The van der Waals surface area contributed by atoms with Crippen LogP contribution in [0.25, 0.3) is 0 Å². The number of anilines is 1. The highest BCUT2D eigenvalue weighted by molar-refractivity contribution is 5.30. The minimum absolute atomic E-state index is 0.490. The van der Waals surface area contributed by atoms with Crippen molar-refractivity contribution in [2.24, 2.45) is 0 Å². The fourth-order valence-electron chi connectivity index (χ4n) is 1.62. The second kappa shape index (κ2) is 5.67. The van der Waals surface area contributed by atoms with Gasteiger partial charge in [0.25, 0.3) is 0 Å². The number of pyridine rings is 1. The summed E-state index contributed by atoms with van der Waals surface area (Å²) in [4.78, 5) is 6.38. The van der Waals surface area contributed by atoms with Crippen LogP contribution in [-0.4, -0.2) is 49.3 Å². The van der Waals surface area contributed by atoms with E-state index in [-0.39, 0.29) is 0 Å². The molecule has 16 heavy (non-hydrogen) atoms. The molecule has 0 saturated carbocycles. The van der Waals surface area contributed by atoms with E-state index in [4.69, 9.17) is 15.2 Å². The number of hydrogen-bond acceptors (Lipinski definition) is 5. The molecule has 1 aliphatic rings. The summed E-state index contributed by atoms with van der Waals surface area (Å²) in [5.74, 6) is 1.08. The standard InChI is InChI=1S/C11H17N3O2/c12-10-2-1-3-11(13-10)16-9-6-14-4-7-15-8-5-14/h1-3H,4-9H2,(H2,12,13). The Morgan fingerprint density at radius 3 is 2.94 bits per heavy atom. The maximum atomic E-state index is 5.56. The Balaban J connectivity index is 1.71. The quantitative estimate of drug-likeness (QED) is 0.799. The van der Waals surface area contributed by atoms with Gasteiger partial charge in [0.15, 0.2) is 0 Å². The van der Waals surface area contributed by atoms with E-state index in [0.29, 0.717) is 18.3 Å². The van der Waals surface area contributed by atoms with Gasteiger partial charge in [-0.1, -0.05) is 6.07 Å². The lowest BCUT2D eigenvalue weighted by Gasteiger charge is -2.26. The molecule has 1 aliphatic heterocycles. The van der Waals surface area contributed by atoms with Gasteiger partial charge in [0.05, 0.1) is 13.2 Å². The summed E-state index contributed by atoms with van der Waals surface area (Å²) in [6, 6.07) is 5.40. The van der Waals surface area contributed by atoms with Crippen LogP contribution in [0.15, 0.2) is 18.2 Å². The summed E-state index contributed by atoms with van der Waals surface area (Å²) >= 11 is 0. The van der Waals surface area contributed by atoms with Crippen LogP contribution >= 0.6 is 0 Å². The van der Waals surface area contributed by atoms with Gasteiger partial charge in [-0.25, -0.2) is 0 Å². The molecule has 0 amide bonds. The van der Waals surface area contributed by atoms with Gasteiger partial charge in [0.1, 0.15) is 12.4 Å². The zero-order valence-electron chi connectivity index (χ0n) is 9.26. The monoisotopic (exact) mass is 223 g/mol. The zero-order valence-corrected chi connectivity index (χ0v) is 9.26. The van der Waals surface area contributed by atoms with E-state index in [1.54, 1.807) is 6.07 Å². The smallest absolute Gasteiger partial charge is 0.215 e. The molecule has 0 bridgehead atoms. The number of nitrogens with zero attached hydrogens (tertiary/aromatic N) is 2. The van der Waals surface area contributed by atoms with Crippen LogP contribution in [0.1, 0.15) is 0 Å². The van der Waals surface area contributed by atoms with Gasteiger partial charge in [-0.3, -0.25) is 4.90 Å². The van der Waals surface area contributed by atoms with Crippen LogP contribution < -0.4 is 10.5 Å². The number of hydrogen-bond donors (Lipinski definition) is 1. The van der Waals surface area contributed by atoms with Crippen molar-refractivity contribution in [3.05, 3.63) is 18.2 Å². The molecule has 0 spiro atoms. The van der Waals surface area contributed by atoms with Crippen LogP contribution in [0.5, 0.6) is 5.88 Å². The van der Waals surface area contributed by atoms with Gasteiger partial charge >= 0.3 is 0 Å². The SMILES string of the molecule is Nc1cccc(OCCN2CCOCC2)n1. The number of rotatable bonds is 4. The summed E-state index contributed by atoms with van der Waals surface area (Å²) in [6.07, 6.45) is 0. The first-order chi connectivity index (χ1) is 7.84. The van der Waals surface area contributed by atoms with Crippen molar-refractivity contribution >= 4 is 5.82 Å². The highest BCUT2D eigenvalue weighted by Gasteiger charge is 2.09. The Bertz CT molecular complexity index is 327. The summed E-state index contributed by atoms with van der Waals surface area (Å²) < 4.78 is 10.8. The molecule has 5 heteroatoms. The molecule has 2 N–H and O–H groups in total. The Morgan fingerprint density at radius 1 is 1.38 bits per heavy atom. The molecule has 2 rings (SSSR count). The molecule has 0 aromatic carbocycles. The number of nitrogen functional groups attached to an aromatic ring is 1. The van der Waals surface area contributed by atoms with E-state index in [9.17, 15) is 0 Å². The predicted molar refractivity (Wildman–Crippen MR) is 61.4 cm³/mol. The highest BCUT2D eigenvalue weighted by atomic mass is 16.5. The molecular formula is C11H17N3O2. The van der Waals surface area contributed by atoms with Crippen molar-refractivity contribution in [3.8, 4) is 5.88 Å². The molecule has 0 unspecified atom stereocenters. The van der Waals surface area contributed by atoms with Crippen LogP contribution in [0.4, 0.5) is 5.82 Å². The molecule has 0 aliphatic carbocycles. The molecule has 1 aromatic rings. The predicted octanol–water partition coefficient (Wildman–Crippen LogP) is 0.375. The van der Waals surface area contributed by atoms with E-state index >= 15 is 0 Å². The lowest BCUT2D eigenvalue weighted by molar-refractivity contribution is 0.0320. The number of nitrogens with two attached hydrogens (primary N) is 1. The van der Waals surface area contributed by atoms with Crippen molar-refractivity contribution in [1.29, 1.82) is 0 Å². The van der Waals surface area contributed by atoms with Gasteiger partial charge in [-0.05, 0) is 6.07 Å². The van der Waals surface area contributed by atoms with Crippen LogP contribution in [0.2, 0.25) is 0 Å². The second-order valence-electron chi connectivity index (χ2n) is 3.70. The molecule has 88 valence electrons. The fourth-order valence-corrected chi connectivity index (χ4v) is 1.62. The molecule has 2 heterocycles. The van der Waals surface area contributed by atoms with Gasteiger partial charge in [0.2, 0.25) is 5.88 Å². The third-order valence-corrected chi connectivity index (χ3v) is 2.51. The van der Waals surface area contributed by atoms with Crippen molar-refractivity contribution in [1.82, 2.24) is 9.88 Å². The summed E-state index contributed by atoms with van der Waals surface area (Å²) in [5, 5.41) is 0. The van der Waals surface area contributed by atoms with Crippen molar-refractivity contribution in [3.63, 3.8) is 0 Å². The number of ether oxygens (including phenoxy) is 2. The first-order valence-corrected chi connectivity index (χ1v) is 5.50. The topological polar surface area (TPSA) is 60.6 Å². The van der Waals surface area contributed by atoms with Gasteiger partial charge in [-0.15, -0.1) is 0 Å². The van der Waals surface area contributed by atoms with Gasteiger partial charge < -0.3 is 15.2 Å². The third-order valence-electron chi connectivity index (χ3n) is 2.51. The van der Waals surface area contributed by atoms with E-state index in [1.165, 1.54) is 0 Å². The molecular weight excluding hydrogens is 206 g/mol. The minimum Gasteiger partial charge on any atom is -0.476 e. The summed E-state index contributed by atoms with van der Waals surface area (Å²) in [5.41, 5.74) is 5.56. The lowest BCUT2D eigenvalue weighted by Crippen LogP contribution is -2.38. The summed E-state index contributed by atoms with van der Waals surface area (Å²) in [6.45, 7) is 5.13. The Hall–Kier alpha value is -1.33. The largest absolute Gasteiger partial charge is 0.476 e. The van der Waals surface area contributed by atoms with E-state index in [2.05, 4.69) is 9.88 Å². The normalized spacial score (nSPS) is 17.2.